The molecule has 1 fully saturated rings. The number of unbranched alkanes of at least 4 members (excludes halogenated alkanes) is 1. The maximum absolute atomic E-state index is 13.5. The fourth-order valence-electron chi connectivity index (χ4n) is 4.85. The van der Waals surface area contributed by atoms with Gasteiger partial charge in [-0.3, -0.25) is 28.8 Å². The van der Waals surface area contributed by atoms with E-state index in [9.17, 15) is 33.9 Å². The first-order valence-electron chi connectivity index (χ1n) is 14.4. The topological polar surface area (TPSA) is 214 Å². The van der Waals surface area contributed by atoms with Gasteiger partial charge in [0.05, 0.1) is 0 Å². The molecule has 0 saturated carbocycles. The summed E-state index contributed by atoms with van der Waals surface area (Å²) < 4.78 is 0. The van der Waals surface area contributed by atoms with Crippen molar-refractivity contribution in [3.63, 3.8) is 0 Å². The van der Waals surface area contributed by atoms with E-state index >= 15 is 0 Å². The van der Waals surface area contributed by atoms with Crippen LogP contribution in [-0.4, -0.2) is 82.8 Å². The lowest BCUT2D eigenvalue weighted by atomic mass is 10.0. The number of carboxylic acid groups (broad SMARTS) is 1. The number of carbonyl (C=O) groups excluding carboxylic acids is 5. The number of rotatable bonds is 17. The standard InChI is InChI=1S/C29H44N6O7/c1-19(2)17-23(34-26(40)21(12-13-24(37)38)32-25(39)20-9-4-3-5-10-20)27(41)33-22(11-6-7-15-30)28(42)35-16-8-14-29(35,31)18-36/h3-5,9-10,18-19,21-23H,6-8,11-17,30-31H2,1-2H3,(H,32,39)(H,33,41)(H,34,40)(H,37,38)/t21-,22-,23-,29-/m0/s1. The van der Waals surface area contributed by atoms with Gasteiger partial charge >= 0.3 is 5.97 Å². The van der Waals surface area contributed by atoms with Crippen molar-refractivity contribution in [2.75, 3.05) is 13.1 Å². The number of benzene rings is 1. The smallest absolute Gasteiger partial charge is 0.303 e. The van der Waals surface area contributed by atoms with Gasteiger partial charge in [0.1, 0.15) is 23.8 Å². The Morgan fingerprint density at radius 2 is 1.62 bits per heavy atom. The molecule has 0 spiro atoms. The highest BCUT2D eigenvalue weighted by Crippen LogP contribution is 2.24. The summed E-state index contributed by atoms with van der Waals surface area (Å²) in [5.74, 6) is -3.60. The van der Waals surface area contributed by atoms with Crippen LogP contribution in [0.15, 0.2) is 30.3 Å². The Morgan fingerprint density at radius 1 is 0.976 bits per heavy atom. The Morgan fingerprint density at radius 3 is 2.21 bits per heavy atom. The van der Waals surface area contributed by atoms with Crippen molar-refractivity contribution in [1.29, 1.82) is 0 Å². The molecule has 13 heteroatoms. The molecule has 2 rings (SSSR count). The van der Waals surface area contributed by atoms with Gasteiger partial charge in [0.15, 0.2) is 6.29 Å². The number of aldehydes is 1. The van der Waals surface area contributed by atoms with E-state index in [1.165, 1.54) is 4.90 Å². The van der Waals surface area contributed by atoms with Crippen LogP contribution in [0.4, 0.5) is 0 Å². The molecule has 0 bridgehead atoms. The minimum Gasteiger partial charge on any atom is -0.481 e. The fourth-order valence-corrected chi connectivity index (χ4v) is 4.85. The summed E-state index contributed by atoms with van der Waals surface area (Å²) in [6, 6.07) is 4.83. The Hall–Kier alpha value is -3.84. The number of hydrogen-bond acceptors (Lipinski definition) is 8. The van der Waals surface area contributed by atoms with Gasteiger partial charge in [0.2, 0.25) is 17.7 Å². The second-order valence-electron chi connectivity index (χ2n) is 11.1. The number of nitrogens with one attached hydrogen (secondary N) is 3. The summed E-state index contributed by atoms with van der Waals surface area (Å²) in [6.07, 6.45) is 2.41. The van der Waals surface area contributed by atoms with E-state index in [1.54, 1.807) is 30.3 Å². The molecule has 4 amide bonds. The van der Waals surface area contributed by atoms with Crippen LogP contribution >= 0.6 is 0 Å². The molecule has 1 aliphatic rings. The molecule has 0 aliphatic carbocycles. The second-order valence-corrected chi connectivity index (χ2v) is 11.1. The summed E-state index contributed by atoms with van der Waals surface area (Å²) in [7, 11) is 0. The van der Waals surface area contributed by atoms with Crippen molar-refractivity contribution in [2.24, 2.45) is 17.4 Å². The van der Waals surface area contributed by atoms with Crippen molar-refractivity contribution in [2.45, 2.75) is 89.0 Å². The van der Waals surface area contributed by atoms with Crippen LogP contribution in [0.1, 0.15) is 75.6 Å². The van der Waals surface area contributed by atoms with Gasteiger partial charge in [-0.25, -0.2) is 0 Å². The van der Waals surface area contributed by atoms with Crippen LogP contribution in [0.5, 0.6) is 0 Å². The molecule has 0 aromatic heterocycles. The van der Waals surface area contributed by atoms with Crippen molar-refractivity contribution < 1.29 is 33.9 Å². The minimum atomic E-state index is -1.45. The van der Waals surface area contributed by atoms with Crippen LogP contribution in [0.2, 0.25) is 0 Å². The lowest BCUT2D eigenvalue weighted by Crippen LogP contribution is -2.62. The monoisotopic (exact) mass is 588 g/mol. The molecule has 1 aromatic rings. The first-order valence-corrected chi connectivity index (χ1v) is 14.4. The predicted molar refractivity (Wildman–Crippen MR) is 155 cm³/mol. The maximum atomic E-state index is 13.5. The lowest BCUT2D eigenvalue weighted by Gasteiger charge is -2.34. The van der Waals surface area contributed by atoms with Crippen molar-refractivity contribution in [1.82, 2.24) is 20.9 Å². The third-order valence-electron chi connectivity index (χ3n) is 7.14. The highest BCUT2D eigenvalue weighted by atomic mass is 16.4. The molecule has 1 aromatic carbocycles. The summed E-state index contributed by atoms with van der Waals surface area (Å²) in [5.41, 5.74) is 10.6. The van der Waals surface area contributed by atoms with Crippen molar-refractivity contribution in [3.8, 4) is 0 Å². The number of nitrogens with two attached hydrogens (primary N) is 2. The zero-order valence-electron chi connectivity index (χ0n) is 24.3. The molecule has 232 valence electrons. The predicted octanol–water partition coefficient (Wildman–Crippen LogP) is 0.271. The Balaban J connectivity index is 2.24. The van der Waals surface area contributed by atoms with E-state index in [1.807, 2.05) is 13.8 Å². The fraction of sp³-hybridized carbons (Fsp3) is 0.586. The summed E-state index contributed by atoms with van der Waals surface area (Å²) in [4.78, 5) is 77.3. The number of nitrogens with zero attached hydrogens (tertiary/aromatic N) is 1. The molecule has 42 heavy (non-hydrogen) atoms. The summed E-state index contributed by atoms with van der Waals surface area (Å²) in [5, 5.41) is 17.1. The third-order valence-corrected chi connectivity index (χ3v) is 7.14. The number of amides is 4. The first kappa shape index (κ1) is 34.4. The van der Waals surface area contributed by atoms with Gasteiger partial charge in [0, 0.05) is 18.5 Å². The molecule has 0 unspecified atom stereocenters. The van der Waals surface area contributed by atoms with Gasteiger partial charge in [-0.05, 0) is 69.5 Å². The Kier molecular flexibility index (Phi) is 13.6. The molecule has 13 nitrogen and oxygen atoms in total. The second kappa shape index (κ2) is 16.6. The quantitative estimate of drug-likeness (QED) is 0.109. The zero-order valence-corrected chi connectivity index (χ0v) is 24.3. The first-order chi connectivity index (χ1) is 19.9. The highest BCUT2D eigenvalue weighted by Gasteiger charge is 2.43. The largest absolute Gasteiger partial charge is 0.481 e. The molecule has 1 saturated heterocycles. The number of likely N-dealkylation sites (tertiary alicyclic amines) is 1. The van der Waals surface area contributed by atoms with E-state index in [4.69, 9.17) is 11.5 Å². The molecule has 1 heterocycles. The SMILES string of the molecule is CC(C)C[C@H](NC(=O)[C@H](CCC(=O)O)NC(=O)c1ccccc1)C(=O)N[C@@H](CCCCN)C(=O)N1CCC[C@@]1(N)C=O. The highest BCUT2D eigenvalue weighted by molar-refractivity contribution is 5.99. The summed E-state index contributed by atoms with van der Waals surface area (Å²) >= 11 is 0. The van der Waals surface area contributed by atoms with E-state index < -0.39 is 53.4 Å². The summed E-state index contributed by atoms with van der Waals surface area (Å²) in [6.45, 7) is 4.38. The van der Waals surface area contributed by atoms with Crippen LogP contribution in [0, 0.1) is 5.92 Å². The van der Waals surface area contributed by atoms with Crippen LogP contribution in [0.25, 0.3) is 0 Å². The maximum Gasteiger partial charge on any atom is 0.303 e. The molecule has 8 N–H and O–H groups in total. The lowest BCUT2D eigenvalue weighted by molar-refractivity contribution is -0.143. The molecule has 1 aliphatic heterocycles. The third kappa shape index (κ3) is 10.2. The van der Waals surface area contributed by atoms with E-state index in [0.29, 0.717) is 38.5 Å². The van der Waals surface area contributed by atoms with E-state index in [2.05, 4.69) is 16.0 Å². The normalized spacial score (nSPS) is 18.5. The Bertz CT molecular complexity index is 1100. The van der Waals surface area contributed by atoms with Gasteiger partial charge in [-0.15, -0.1) is 0 Å². The molecule has 0 radical (unpaired) electrons. The van der Waals surface area contributed by atoms with E-state index in [-0.39, 0.29) is 43.7 Å². The number of aliphatic carboxylic acids is 1. The van der Waals surface area contributed by atoms with Crippen LogP contribution < -0.4 is 27.4 Å². The average Bonchev–Trinajstić information content (AvgIpc) is 3.35. The molecule has 4 atom stereocenters. The average molecular weight is 589 g/mol. The van der Waals surface area contributed by atoms with Gasteiger partial charge < -0.3 is 37.4 Å². The molecular formula is C29H44N6O7. The minimum absolute atomic E-state index is 0.0471. The number of carboxylic acids is 1. The number of carbonyl (C=O) groups is 6. The zero-order chi connectivity index (χ0) is 31.3. The van der Waals surface area contributed by atoms with Gasteiger partial charge in [0.25, 0.3) is 5.91 Å². The van der Waals surface area contributed by atoms with Crippen LogP contribution in [-0.2, 0) is 24.0 Å². The van der Waals surface area contributed by atoms with Gasteiger partial charge in [-0.1, -0.05) is 32.0 Å². The molecular weight excluding hydrogens is 544 g/mol. The van der Waals surface area contributed by atoms with Crippen molar-refractivity contribution >= 4 is 35.9 Å². The van der Waals surface area contributed by atoms with Crippen molar-refractivity contribution in [3.05, 3.63) is 35.9 Å². The number of hydrogen-bond donors (Lipinski definition) is 6. The Labute approximate surface area is 246 Å². The van der Waals surface area contributed by atoms with Gasteiger partial charge in [-0.2, -0.15) is 0 Å². The van der Waals surface area contributed by atoms with Crippen LogP contribution in [0.3, 0.4) is 0 Å². The van der Waals surface area contributed by atoms with E-state index in [0.717, 1.165) is 0 Å².